The minimum absolute atomic E-state index is 0.00979. The Bertz CT molecular complexity index is 594. The molecular formula is C12H14N4O3. The third-order valence-electron chi connectivity index (χ3n) is 2.72. The van der Waals surface area contributed by atoms with Gasteiger partial charge in [-0.3, -0.25) is 10.1 Å². The van der Waals surface area contributed by atoms with E-state index in [0.29, 0.717) is 23.8 Å². The Morgan fingerprint density at radius 1 is 1.42 bits per heavy atom. The first-order chi connectivity index (χ1) is 9.11. The number of hydrogen-bond acceptors (Lipinski definition) is 6. The summed E-state index contributed by atoms with van der Waals surface area (Å²) in [6, 6.07) is 4.58. The van der Waals surface area contributed by atoms with Crippen LogP contribution in [0.2, 0.25) is 0 Å². The molecule has 19 heavy (non-hydrogen) atoms. The van der Waals surface area contributed by atoms with Crippen LogP contribution >= 0.6 is 0 Å². The van der Waals surface area contributed by atoms with Gasteiger partial charge >= 0.3 is 0 Å². The molecule has 7 heteroatoms. The second kappa shape index (κ2) is 5.57. The third kappa shape index (κ3) is 2.94. The predicted molar refractivity (Wildman–Crippen MR) is 68.8 cm³/mol. The first-order valence-corrected chi connectivity index (χ1v) is 5.84. The van der Waals surface area contributed by atoms with E-state index in [1.165, 1.54) is 12.1 Å². The number of rotatable bonds is 5. The molecule has 0 amide bonds. The Morgan fingerprint density at radius 3 is 2.89 bits per heavy atom. The van der Waals surface area contributed by atoms with Crippen LogP contribution < -0.4 is 5.32 Å². The molecular weight excluding hydrogens is 248 g/mol. The van der Waals surface area contributed by atoms with Gasteiger partial charge in [-0.25, -0.2) is 0 Å². The molecule has 0 aliphatic rings. The number of aromatic nitrogens is 2. The summed E-state index contributed by atoms with van der Waals surface area (Å²) < 4.78 is 5.50. The Balaban J connectivity index is 2.32. The van der Waals surface area contributed by atoms with Crippen LogP contribution in [0.5, 0.6) is 0 Å². The maximum atomic E-state index is 10.8. The number of benzene rings is 1. The SMILES string of the molecule is CNCCc1nnc(-c2cc([N+](=O)[O-])ccc2C)o1. The number of non-ortho nitro benzene ring substituents is 1. The van der Waals surface area contributed by atoms with Gasteiger partial charge in [-0.1, -0.05) is 6.07 Å². The molecule has 0 atom stereocenters. The van der Waals surface area contributed by atoms with E-state index in [2.05, 4.69) is 15.5 Å². The first-order valence-electron chi connectivity index (χ1n) is 5.84. The van der Waals surface area contributed by atoms with Crippen LogP contribution in [0.25, 0.3) is 11.5 Å². The number of nitro groups is 1. The summed E-state index contributed by atoms with van der Waals surface area (Å²) in [5.41, 5.74) is 1.46. The fraction of sp³-hybridized carbons (Fsp3) is 0.333. The van der Waals surface area contributed by atoms with Crippen molar-refractivity contribution in [2.75, 3.05) is 13.6 Å². The average molecular weight is 262 g/mol. The molecule has 0 spiro atoms. The van der Waals surface area contributed by atoms with Gasteiger partial charge in [0.1, 0.15) is 0 Å². The zero-order valence-electron chi connectivity index (χ0n) is 10.7. The summed E-state index contributed by atoms with van der Waals surface area (Å²) in [5, 5.41) is 21.6. The largest absolute Gasteiger partial charge is 0.421 e. The number of nitrogens with zero attached hydrogens (tertiary/aromatic N) is 3. The van der Waals surface area contributed by atoms with Crippen LogP contribution in [0.15, 0.2) is 22.6 Å². The molecule has 0 saturated heterocycles. The van der Waals surface area contributed by atoms with E-state index in [1.807, 2.05) is 14.0 Å². The quantitative estimate of drug-likeness (QED) is 0.651. The van der Waals surface area contributed by atoms with Crippen molar-refractivity contribution >= 4 is 5.69 Å². The van der Waals surface area contributed by atoms with Gasteiger partial charge in [0, 0.05) is 30.7 Å². The lowest BCUT2D eigenvalue weighted by Gasteiger charge is -2.00. The molecule has 7 nitrogen and oxygen atoms in total. The van der Waals surface area contributed by atoms with Gasteiger partial charge in [-0.05, 0) is 19.5 Å². The molecule has 0 fully saturated rings. The number of likely N-dealkylation sites (N-methyl/N-ethyl adjacent to an activating group) is 1. The molecule has 2 aromatic rings. The molecule has 0 unspecified atom stereocenters. The highest BCUT2D eigenvalue weighted by Gasteiger charge is 2.15. The molecule has 1 aromatic heterocycles. The summed E-state index contributed by atoms with van der Waals surface area (Å²) in [6.45, 7) is 2.58. The smallest absolute Gasteiger partial charge is 0.270 e. The van der Waals surface area contributed by atoms with Crippen molar-refractivity contribution in [1.29, 1.82) is 0 Å². The number of aryl methyl sites for hydroxylation is 1. The molecule has 0 aliphatic heterocycles. The topological polar surface area (TPSA) is 94.1 Å². The van der Waals surface area contributed by atoms with Crippen molar-refractivity contribution in [2.24, 2.45) is 0 Å². The molecule has 0 radical (unpaired) electrons. The maximum absolute atomic E-state index is 10.8. The highest BCUT2D eigenvalue weighted by molar-refractivity contribution is 5.62. The lowest BCUT2D eigenvalue weighted by molar-refractivity contribution is -0.384. The normalized spacial score (nSPS) is 10.6. The van der Waals surface area contributed by atoms with E-state index in [0.717, 1.165) is 12.1 Å². The third-order valence-corrected chi connectivity index (χ3v) is 2.72. The van der Waals surface area contributed by atoms with E-state index in [9.17, 15) is 10.1 Å². The maximum Gasteiger partial charge on any atom is 0.270 e. The Morgan fingerprint density at radius 2 is 2.21 bits per heavy atom. The van der Waals surface area contributed by atoms with Gasteiger partial charge in [0.05, 0.1) is 4.92 Å². The number of nitro benzene ring substituents is 1. The monoisotopic (exact) mass is 262 g/mol. The Labute approximate surface area is 109 Å². The standard InChI is InChI=1S/C12H14N4O3/c1-8-3-4-9(16(17)18)7-10(8)12-15-14-11(19-12)5-6-13-2/h3-4,7,13H,5-6H2,1-2H3. The van der Waals surface area contributed by atoms with Crippen molar-refractivity contribution in [1.82, 2.24) is 15.5 Å². The lowest BCUT2D eigenvalue weighted by atomic mass is 10.1. The van der Waals surface area contributed by atoms with Crippen molar-refractivity contribution in [3.63, 3.8) is 0 Å². The average Bonchev–Trinajstić information content (AvgIpc) is 2.85. The molecule has 0 aliphatic carbocycles. The summed E-state index contributed by atoms with van der Waals surface area (Å²) in [6.07, 6.45) is 0.622. The van der Waals surface area contributed by atoms with E-state index in [1.54, 1.807) is 6.07 Å². The molecule has 2 rings (SSSR count). The fourth-order valence-electron chi connectivity index (χ4n) is 1.65. The molecule has 1 heterocycles. The minimum Gasteiger partial charge on any atom is -0.421 e. The zero-order chi connectivity index (χ0) is 13.8. The summed E-state index contributed by atoms with van der Waals surface area (Å²) in [4.78, 5) is 10.3. The zero-order valence-corrected chi connectivity index (χ0v) is 10.7. The molecule has 1 aromatic carbocycles. The number of hydrogen-bond donors (Lipinski definition) is 1. The molecule has 0 bridgehead atoms. The van der Waals surface area contributed by atoms with E-state index >= 15 is 0 Å². The van der Waals surface area contributed by atoms with Crippen LogP contribution in [-0.2, 0) is 6.42 Å². The summed E-state index contributed by atoms with van der Waals surface area (Å²) in [7, 11) is 1.84. The second-order valence-corrected chi connectivity index (χ2v) is 4.11. The van der Waals surface area contributed by atoms with Crippen LogP contribution in [0.1, 0.15) is 11.5 Å². The van der Waals surface area contributed by atoms with Crippen molar-refractivity contribution in [2.45, 2.75) is 13.3 Å². The highest BCUT2D eigenvalue weighted by atomic mass is 16.6. The van der Waals surface area contributed by atoms with Crippen LogP contribution in [-0.4, -0.2) is 28.7 Å². The van der Waals surface area contributed by atoms with Gasteiger partial charge in [0.2, 0.25) is 11.8 Å². The summed E-state index contributed by atoms with van der Waals surface area (Å²) in [5.74, 6) is 0.822. The van der Waals surface area contributed by atoms with E-state index in [4.69, 9.17) is 4.42 Å². The molecule has 0 saturated carbocycles. The second-order valence-electron chi connectivity index (χ2n) is 4.11. The molecule has 1 N–H and O–H groups in total. The van der Waals surface area contributed by atoms with Crippen LogP contribution in [0.3, 0.4) is 0 Å². The van der Waals surface area contributed by atoms with Gasteiger partial charge in [-0.15, -0.1) is 10.2 Å². The van der Waals surface area contributed by atoms with Crippen LogP contribution in [0, 0.1) is 17.0 Å². The van der Waals surface area contributed by atoms with Gasteiger partial charge < -0.3 is 9.73 Å². The van der Waals surface area contributed by atoms with Gasteiger partial charge in [0.15, 0.2) is 0 Å². The van der Waals surface area contributed by atoms with Crippen molar-refractivity contribution in [3.05, 3.63) is 39.8 Å². The lowest BCUT2D eigenvalue weighted by Crippen LogP contribution is -2.10. The van der Waals surface area contributed by atoms with Gasteiger partial charge in [0.25, 0.3) is 5.69 Å². The Kier molecular flexibility index (Phi) is 3.86. The predicted octanol–water partition coefficient (Wildman–Crippen LogP) is 1.72. The van der Waals surface area contributed by atoms with Crippen molar-refractivity contribution in [3.8, 4) is 11.5 Å². The van der Waals surface area contributed by atoms with Gasteiger partial charge in [-0.2, -0.15) is 0 Å². The minimum atomic E-state index is -0.443. The van der Waals surface area contributed by atoms with E-state index < -0.39 is 4.92 Å². The number of nitrogens with one attached hydrogen (secondary N) is 1. The highest BCUT2D eigenvalue weighted by Crippen LogP contribution is 2.26. The molecule has 100 valence electrons. The Hall–Kier alpha value is -2.28. The summed E-state index contributed by atoms with van der Waals surface area (Å²) >= 11 is 0. The van der Waals surface area contributed by atoms with Crippen molar-refractivity contribution < 1.29 is 9.34 Å². The first kappa shape index (κ1) is 13.2. The van der Waals surface area contributed by atoms with Crippen LogP contribution in [0.4, 0.5) is 5.69 Å². The fourth-order valence-corrected chi connectivity index (χ4v) is 1.65. The van der Waals surface area contributed by atoms with E-state index in [-0.39, 0.29) is 5.69 Å².